The van der Waals surface area contributed by atoms with Crippen LogP contribution in [0.25, 0.3) is 0 Å². The quantitative estimate of drug-likeness (QED) is 0.378. The molecule has 0 radical (unpaired) electrons. The summed E-state index contributed by atoms with van der Waals surface area (Å²) in [5.41, 5.74) is 4.10. The molecule has 1 aromatic heterocycles. The minimum Gasteiger partial charge on any atom is -0.322 e. The number of hydrogen-bond acceptors (Lipinski definition) is 4. The van der Waals surface area contributed by atoms with Crippen LogP contribution in [0, 0.1) is 11.3 Å². The van der Waals surface area contributed by atoms with Gasteiger partial charge in [0.05, 0.1) is 11.1 Å². The number of nitriles is 1. The van der Waals surface area contributed by atoms with Crippen molar-refractivity contribution in [1.82, 2.24) is 4.98 Å². The van der Waals surface area contributed by atoms with E-state index >= 15 is 0 Å². The predicted octanol–water partition coefficient (Wildman–Crippen LogP) is 6.14. The highest BCUT2D eigenvalue weighted by Gasteiger charge is 2.14. The number of rotatable bonds is 7. The summed E-state index contributed by atoms with van der Waals surface area (Å²) in [5, 5.41) is 12.4. The standard InChI is InChI=1S/C27H21N3OS/c28-19-21-9-1-3-13-25(21)32-26-14-4-2-12-24(26)27(31)30-23-11-7-8-20(18-23)15-16-22-10-5-6-17-29-22/h1-14,17-18H,15-16H2,(H,30,31). The summed E-state index contributed by atoms with van der Waals surface area (Å²) in [6.07, 6.45) is 3.49. The molecule has 0 spiro atoms. The lowest BCUT2D eigenvalue weighted by Crippen LogP contribution is -2.13. The van der Waals surface area contributed by atoms with Crippen LogP contribution in [-0.4, -0.2) is 10.9 Å². The van der Waals surface area contributed by atoms with Crippen LogP contribution < -0.4 is 5.32 Å². The average Bonchev–Trinajstić information content (AvgIpc) is 2.84. The summed E-state index contributed by atoms with van der Waals surface area (Å²) < 4.78 is 0. The first kappa shape index (κ1) is 21.4. The molecule has 4 aromatic rings. The van der Waals surface area contributed by atoms with Gasteiger partial charge in [-0.2, -0.15) is 5.26 Å². The number of carbonyl (C=O) groups excluding carboxylic acids is 1. The smallest absolute Gasteiger partial charge is 0.256 e. The molecule has 5 heteroatoms. The number of aryl methyl sites for hydroxylation is 2. The van der Waals surface area contributed by atoms with Crippen molar-refractivity contribution in [2.24, 2.45) is 0 Å². The zero-order valence-corrected chi connectivity index (χ0v) is 18.2. The number of amides is 1. The summed E-state index contributed by atoms with van der Waals surface area (Å²) in [4.78, 5) is 19.1. The molecule has 0 saturated carbocycles. The Kier molecular flexibility index (Phi) is 6.96. The maximum Gasteiger partial charge on any atom is 0.256 e. The van der Waals surface area contributed by atoms with E-state index in [-0.39, 0.29) is 5.91 Å². The topological polar surface area (TPSA) is 65.8 Å². The van der Waals surface area contributed by atoms with Crippen LogP contribution in [0.1, 0.15) is 27.2 Å². The molecule has 1 amide bonds. The Labute approximate surface area is 192 Å². The molecule has 1 heterocycles. The maximum absolute atomic E-state index is 13.1. The Morgan fingerprint density at radius 3 is 2.47 bits per heavy atom. The Balaban J connectivity index is 1.48. The van der Waals surface area contributed by atoms with Gasteiger partial charge in [-0.3, -0.25) is 9.78 Å². The molecule has 0 aliphatic carbocycles. The van der Waals surface area contributed by atoms with Gasteiger partial charge >= 0.3 is 0 Å². The van der Waals surface area contributed by atoms with Gasteiger partial charge in [-0.25, -0.2) is 0 Å². The van der Waals surface area contributed by atoms with Crippen LogP contribution in [0.3, 0.4) is 0 Å². The lowest BCUT2D eigenvalue weighted by Gasteiger charge is -2.11. The van der Waals surface area contributed by atoms with E-state index in [0.717, 1.165) is 39.6 Å². The summed E-state index contributed by atoms with van der Waals surface area (Å²) in [6, 6.07) is 30.9. The van der Waals surface area contributed by atoms with E-state index in [2.05, 4.69) is 22.4 Å². The average molecular weight is 436 g/mol. The van der Waals surface area contributed by atoms with Crippen molar-refractivity contribution >= 4 is 23.4 Å². The highest BCUT2D eigenvalue weighted by atomic mass is 32.2. The van der Waals surface area contributed by atoms with Crippen molar-refractivity contribution in [1.29, 1.82) is 5.26 Å². The molecule has 4 nitrogen and oxygen atoms in total. The van der Waals surface area contributed by atoms with E-state index in [4.69, 9.17) is 0 Å². The Morgan fingerprint density at radius 2 is 1.66 bits per heavy atom. The summed E-state index contributed by atoms with van der Waals surface area (Å²) in [6.45, 7) is 0. The predicted molar refractivity (Wildman–Crippen MR) is 128 cm³/mol. The van der Waals surface area contributed by atoms with Gasteiger partial charge in [0, 0.05) is 27.4 Å². The lowest BCUT2D eigenvalue weighted by molar-refractivity contribution is 0.102. The van der Waals surface area contributed by atoms with Crippen molar-refractivity contribution in [2.75, 3.05) is 5.32 Å². The highest BCUT2D eigenvalue weighted by molar-refractivity contribution is 7.99. The van der Waals surface area contributed by atoms with Crippen LogP contribution in [0.15, 0.2) is 107 Å². The van der Waals surface area contributed by atoms with Crippen molar-refractivity contribution in [2.45, 2.75) is 22.6 Å². The highest BCUT2D eigenvalue weighted by Crippen LogP contribution is 2.33. The first-order valence-electron chi connectivity index (χ1n) is 10.3. The summed E-state index contributed by atoms with van der Waals surface area (Å²) >= 11 is 1.42. The third-order valence-corrected chi connectivity index (χ3v) is 6.09. The van der Waals surface area contributed by atoms with Gasteiger partial charge in [0.15, 0.2) is 0 Å². The number of benzene rings is 3. The van der Waals surface area contributed by atoms with Crippen LogP contribution >= 0.6 is 11.8 Å². The van der Waals surface area contributed by atoms with Gasteiger partial charge in [-0.05, 0) is 66.9 Å². The third-order valence-electron chi connectivity index (χ3n) is 4.94. The van der Waals surface area contributed by atoms with Gasteiger partial charge < -0.3 is 5.32 Å². The molecule has 32 heavy (non-hydrogen) atoms. The van der Waals surface area contributed by atoms with Gasteiger partial charge in [-0.1, -0.05) is 54.2 Å². The van der Waals surface area contributed by atoms with Gasteiger partial charge in [0.2, 0.25) is 0 Å². The fourth-order valence-corrected chi connectivity index (χ4v) is 4.36. The van der Waals surface area contributed by atoms with E-state index < -0.39 is 0 Å². The normalized spacial score (nSPS) is 10.3. The molecule has 1 N–H and O–H groups in total. The van der Waals surface area contributed by atoms with E-state index in [1.54, 1.807) is 18.3 Å². The Morgan fingerprint density at radius 1 is 0.875 bits per heavy atom. The van der Waals surface area contributed by atoms with Gasteiger partial charge in [-0.15, -0.1) is 0 Å². The van der Waals surface area contributed by atoms with Crippen molar-refractivity contribution < 1.29 is 4.79 Å². The molecule has 0 saturated heterocycles. The molecule has 0 atom stereocenters. The van der Waals surface area contributed by atoms with E-state index in [0.29, 0.717) is 11.1 Å². The second kappa shape index (κ2) is 10.4. The fraction of sp³-hybridized carbons (Fsp3) is 0.0741. The number of carbonyl (C=O) groups is 1. The lowest BCUT2D eigenvalue weighted by atomic mass is 10.1. The van der Waals surface area contributed by atoms with Crippen molar-refractivity contribution in [3.63, 3.8) is 0 Å². The minimum atomic E-state index is -0.176. The SMILES string of the molecule is N#Cc1ccccc1Sc1ccccc1C(=O)Nc1cccc(CCc2ccccn2)c1. The zero-order chi connectivity index (χ0) is 22.2. The molecule has 4 rings (SSSR count). The van der Waals surface area contributed by atoms with Gasteiger partial charge in [0.1, 0.15) is 6.07 Å². The third kappa shape index (κ3) is 5.42. The zero-order valence-electron chi connectivity index (χ0n) is 17.4. The number of nitrogens with one attached hydrogen (secondary N) is 1. The van der Waals surface area contributed by atoms with Crippen LogP contribution in [-0.2, 0) is 12.8 Å². The van der Waals surface area contributed by atoms with E-state index in [1.165, 1.54) is 11.8 Å². The molecular formula is C27H21N3OS. The molecule has 0 bridgehead atoms. The molecule has 0 aliphatic heterocycles. The minimum absolute atomic E-state index is 0.176. The number of hydrogen-bond donors (Lipinski definition) is 1. The summed E-state index contributed by atoms with van der Waals surface area (Å²) in [5.74, 6) is -0.176. The van der Waals surface area contributed by atoms with Crippen molar-refractivity contribution in [3.05, 3.63) is 120 Å². The molecule has 0 aliphatic rings. The monoisotopic (exact) mass is 435 g/mol. The first-order chi connectivity index (χ1) is 15.7. The van der Waals surface area contributed by atoms with Crippen LogP contribution in [0.2, 0.25) is 0 Å². The van der Waals surface area contributed by atoms with Crippen molar-refractivity contribution in [3.8, 4) is 6.07 Å². The van der Waals surface area contributed by atoms with E-state index in [9.17, 15) is 10.1 Å². The molecule has 156 valence electrons. The molecule has 0 unspecified atom stereocenters. The van der Waals surface area contributed by atoms with Crippen LogP contribution in [0.4, 0.5) is 5.69 Å². The van der Waals surface area contributed by atoms with E-state index in [1.807, 2.05) is 72.8 Å². The number of nitrogens with zero attached hydrogens (tertiary/aromatic N) is 2. The molecule has 0 fully saturated rings. The molecular weight excluding hydrogens is 414 g/mol. The summed E-state index contributed by atoms with van der Waals surface area (Å²) in [7, 11) is 0. The first-order valence-corrected chi connectivity index (χ1v) is 11.1. The largest absolute Gasteiger partial charge is 0.322 e. The Hall–Kier alpha value is -3.88. The van der Waals surface area contributed by atoms with Crippen LogP contribution in [0.5, 0.6) is 0 Å². The number of pyridine rings is 1. The fourth-order valence-electron chi connectivity index (χ4n) is 3.33. The Bertz CT molecular complexity index is 1270. The maximum atomic E-state index is 13.1. The second-order valence-electron chi connectivity index (χ2n) is 7.18. The second-order valence-corrected chi connectivity index (χ2v) is 8.27. The van der Waals surface area contributed by atoms with Gasteiger partial charge in [0.25, 0.3) is 5.91 Å². The number of aromatic nitrogens is 1. The number of anilines is 1. The molecule has 3 aromatic carbocycles.